The lowest BCUT2D eigenvalue weighted by molar-refractivity contribution is 0.329. The monoisotopic (exact) mass is 339 g/mol. The van der Waals surface area contributed by atoms with Gasteiger partial charge in [0.15, 0.2) is 0 Å². The Morgan fingerprint density at radius 2 is 2.00 bits per heavy atom. The van der Waals surface area contributed by atoms with E-state index in [9.17, 15) is 0 Å². The van der Waals surface area contributed by atoms with Gasteiger partial charge in [-0.15, -0.1) is 0 Å². The molecule has 1 aromatic carbocycles. The van der Waals surface area contributed by atoms with Crippen molar-refractivity contribution >= 4 is 15.9 Å². The third kappa shape index (κ3) is 6.90. The van der Waals surface area contributed by atoms with Gasteiger partial charge in [-0.1, -0.05) is 67.6 Å². The number of nitrogens with one attached hydrogen (secondary N) is 1. The molecule has 0 saturated heterocycles. The second kappa shape index (κ2) is 10.4. The fraction of sp³-hybridized carbons (Fsp3) is 0.667. The summed E-state index contributed by atoms with van der Waals surface area (Å²) in [6, 6.07) is 8.76. The zero-order chi connectivity index (χ0) is 14.8. The number of hydrogen-bond acceptors (Lipinski definition) is 1. The molecule has 0 aliphatic heterocycles. The number of unbranched alkanes of at least 4 members (excludes halogenated alkanes) is 1. The molecule has 2 heteroatoms. The van der Waals surface area contributed by atoms with Gasteiger partial charge in [0.25, 0.3) is 0 Å². The lowest BCUT2D eigenvalue weighted by Crippen LogP contribution is -2.23. The topological polar surface area (TPSA) is 12.0 Å². The Bertz CT molecular complexity index is 364. The van der Waals surface area contributed by atoms with Crippen molar-refractivity contribution in [3.8, 4) is 0 Å². The summed E-state index contributed by atoms with van der Waals surface area (Å²) in [6.07, 6.45) is 7.94. The van der Waals surface area contributed by atoms with E-state index in [1.54, 1.807) is 0 Å². The van der Waals surface area contributed by atoms with Crippen molar-refractivity contribution in [1.82, 2.24) is 5.32 Å². The van der Waals surface area contributed by atoms with Crippen LogP contribution in [0.2, 0.25) is 0 Å². The number of hydrogen-bond donors (Lipinski definition) is 1. The summed E-state index contributed by atoms with van der Waals surface area (Å²) in [7, 11) is 2.07. The molecule has 114 valence electrons. The second-order valence-corrected chi connectivity index (χ2v) is 6.83. The first-order valence-electron chi connectivity index (χ1n) is 8.08. The minimum Gasteiger partial charge on any atom is -0.319 e. The molecule has 0 fully saturated rings. The summed E-state index contributed by atoms with van der Waals surface area (Å²) in [4.78, 5) is 0. The molecule has 2 unspecified atom stereocenters. The van der Waals surface area contributed by atoms with Crippen molar-refractivity contribution in [2.45, 2.75) is 52.4 Å². The van der Waals surface area contributed by atoms with Crippen molar-refractivity contribution in [3.63, 3.8) is 0 Å². The highest BCUT2D eigenvalue weighted by molar-refractivity contribution is 9.10. The average molecular weight is 340 g/mol. The molecule has 0 heterocycles. The molecule has 0 bridgehead atoms. The van der Waals surface area contributed by atoms with E-state index in [0.717, 1.165) is 18.4 Å². The Balaban J connectivity index is 2.58. The fourth-order valence-corrected chi connectivity index (χ4v) is 3.42. The number of rotatable bonds is 10. The van der Waals surface area contributed by atoms with Gasteiger partial charge in [-0.2, -0.15) is 0 Å². The first kappa shape index (κ1) is 17.7. The van der Waals surface area contributed by atoms with Crippen LogP contribution in [-0.4, -0.2) is 13.6 Å². The van der Waals surface area contributed by atoms with Crippen LogP contribution in [0, 0.1) is 11.8 Å². The summed E-state index contributed by atoms with van der Waals surface area (Å²) in [5.74, 6) is 1.64. The lowest BCUT2D eigenvalue weighted by atomic mass is 9.85. The first-order valence-corrected chi connectivity index (χ1v) is 8.87. The van der Waals surface area contributed by atoms with Crippen molar-refractivity contribution in [1.29, 1.82) is 0 Å². The van der Waals surface area contributed by atoms with E-state index < -0.39 is 0 Å². The van der Waals surface area contributed by atoms with E-state index in [0.29, 0.717) is 0 Å². The van der Waals surface area contributed by atoms with E-state index in [2.05, 4.69) is 66.4 Å². The summed E-state index contributed by atoms with van der Waals surface area (Å²) < 4.78 is 1.19. The van der Waals surface area contributed by atoms with Crippen molar-refractivity contribution in [2.75, 3.05) is 13.6 Å². The smallest absolute Gasteiger partial charge is 0.0177 e. The van der Waals surface area contributed by atoms with E-state index >= 15 is 0 Å². The normalized spacial score (nSPS) is 14.2. The van der Waals surface area contributed by atoms with E-state index in [1.807, 2.05) is 0 Å². The molecule has 0 amide bonds. The van der Waals surface area contributed by atoms with Gasteiger partial charge in [0.2, 0.25) is 0 Å². The molecule has 1 aromatic rings. The van der Waals surface area contributed by atoms with Crippen molar-refractivity contribution < 1.29 is 0 Å². The largest absolute Gasteiger partial charge is 0.319 e. The molecule has 0 aliphatic carbocycles. The predicted molar refractivity (Wildman–Crippen MR) is 93.2 cm³/mol. The standard InChI is InChI=1S/C18H30BrN/c1-4-6-8-15(5-2)11-17(14-20-3)12-16-9-7-10-18(19)13-16/h7,9-10,13,15,17,20H,4-6,8,11-12,14H2,1-3H3. The second-order valence-electron chi connectivity index (χ2n) is 5.91. The number of halogens is 1. The van der Waals surface area contributed by atoms with Crippen LogP contribution in [0.5, 0.6) is 0 Å². The summed E-state index contributed by atoms with van der Waals surface area (Å²) in [5, 5.41) is 3.38. The van der Waals surface area contributed by atoms with Gasteiger partial charge >= 0.3 is 0 Å². The Labute approximate surface area is 133 Å². The minimum absolute atomic E-state index is 0.746. The molecule has 20 heavy (non-hydrogen) atoms. The van der Waals surface area contributed by atoms with Gasteiger partial charge in [-0.25, -0.2) is 0 Å². The average Bonchev–Trinajstić information content (AvgIpc) is 2.43. The highest BCUT2D eigenvalue weighted by Crippen LogP contribution is 2.24. The molecule has 0 saturated carbocycles. The van der Waals surface area contributed by atoms with E-state index in [4.69, 9.17) is 0 Å². The van der Waals surface area contributed by atoms with Gasteiger partial charge in [0, 0.05) is 4.47 Å². The quantitative estimate of drug-likeness (QED) is 0.598. The fourth-order valence-electron chi connectivity index (χ4n) is 2.98. The predicted octanol–water partition coefficient (Wildman–Crippen LogP) is 5.43. The maximum atomic E-state index is 3.57. The highest BCUT2D eigenvalue weighted by Gasteiger charge is 2.15. The number of benzene rings is 1. The van der Waals surface area contributed by atoms with Gasteiger partial charge in [0.1, 0.15) is 0 Å². The van der Waals surface area contributed by atoms with Crippen LogP contribution in [0.4, 0.5) is 0 Å². The Kier molecular flexibility index (Phi) is 9.21. The molecule has 1 nitrogen and oxygen atoms in total. The van der Waals surface area contributed by atoms with Crippen LogP contribution in [0.1, 0.15) is 51.5 Å². The van der Waals surface area contributed by atoms with Crippen LogP contribution in [0.3, 0.4) is 0 Å². The molecular formula is C18H30BrN. The lowest BCUT2D eigenvalue weighted by Gasteiger charge is -2.23. The Hall–Kier alpha value is -0.340. The molecule has 0 spiro atoms. The molecular weight excluding hydrogens is 310 g/mol. The van der Waals surface area contributed by atoms with Gasteiger partial charge in [-0.3, -0.25) is 0 Å². The van der Waals surface area contributed by atoms with E-state index in [-0.39, 0.29) is 0 Å². The summed E-state index contributed by atoms with van der Waals surface area (Å²) in [6.45, 7) is 5.75. The molecule has 0 radical (unpaired) electrons. The zero-order valence-electron chi connectivity index (χ0n) is 13.3. The molecule has 0 aromatic heterocycles. The third-order valence-corrected chi connectivity index (χ3v) is 4.61. The van der Waals surface area contributed by atoms with Crippen LogP contribution in [0.25, 0.3) is 0 Å². The van der Waals surface area contributed by atoms with Crippen LogP contribution >= 0.6 is 15.9 Å². The SMILES string of the molecule is CCCCC(CC)CC(CNC)Cc1cccc(Br)c1. The Morgan fingerprint density at radius 3 is 2.60 bits per heavy atom. The first-order chi connectivity index (χ1) is 9.69. The van der Waals surface area contributed by atoms with Crippen molar-refractivity contribution in [2.24, 2.45) is 11.8 Å². The van der Waals surface area contributed by atoms with Crippen LogP contribution in [0.15, 0.2) is 28.7 Å². The zero-order valence-corrected chi connectivity index (χ0v) is 14.9. The highest BCUT2D eigenvalue weighted by atomic mass is 79.9. The van der Waals surface area contributed by atoms with Gasteiger partial charge in [-0.05, 0) is 56.0 Å². The van der Waals surface area contributed by atoms with Gasteiger partial charge in [0.05, 0.1) is 0 Å². The van der Waals surface area contributed by atoms with Crippen LogP contribution < -0.4 is 5.32 Å². The molecule has 1 N–H and O–H groups in total. The van der Waals surface area contributed by atoms with Crippen molar-refractivity contribution in [3.05, 3.63) is 34.3 Å². The van der Waals surface area contributed by atoms with E-state index in [1.165, 1.54) is 48.6 Å². The molecule has 0 aliphatic rings. The summed E-state index contributed by atoms with van der Waals surface area (Å²) >= 11 is 3.57. The minimum atomic E-state index is 0.746. The maximum absolute atomic E-state index is 3.57. The maximum Gasteiger partial charge on any atom is 0.0177 e. The third-order valence-electron chi connectivity index (χ3n) is 4.12. The van der Waals surface area contributed by atoms with Gasteiger partial charge < -0.3 is 5.32 Å². The van der Waals surface area contributed by atoms with Crippen LogP contribution in [-0.2, 0) is 6.42 Å². The molecule has 1 rings (SSSR count). The molecule has 2 atom stereocenters. The Morgan fingerprint density at radius 1 is 1.20 bits per heavy atom. The summed E-state index contributed by atoms with van der Waals surface area (Å²) in [5.41, 5.74) is 1.45.